The molecule has 0 aliphatic carbocycles. The van der Waals surface area contributed by atoms with Crippen molar-refractivity contribution in [1.82, 2.24) is 15.1 Å². The molecule has 1 heterocycles. The van der Waals surface area contributed by atoms with Crippen molar-refractivity contribution in [3.05, 3.63) is 24.3 Å². The molecule has 1 amide bonds. The van der Waals surface area contributed by atoms with E-state index < -0.39 is 0 Å². The molecule has 1 aromatic heterocycles. The Balaban J connectivity index is 1.94. The number of nitriles is 2. The third-order valence-electron chi connectivity index (χ3n) is 3.40. The van der Waals surface area contributed by atoms with Crippen LogP contribution in [0.3, 0.4) is 0 Å². The molecule has 9 heteroatoms. The molecule has 2 aromatic rings. The van der Waals surface area contributed by atoms with E-state index >= 15 is 0 Å². The largest absolute Gasteiger partial charge is 0.497 e. The van der Waals surface area contributed by atoms with Crippen molar-refractivity contribution in [2.45, 2.75) is 18.1 Å². The molecule has 1 aromatic carbocycles. The lowest BCUT2D eigenvalue weighted by molar-refractivity contribution is -0.128. The van der Waals surface area contributed by atoms with E-state index in [-0.39, 0.29) is 29.7 Å². The average Bonchev–Trinajstić information content (AvgIpc) is 3.15. The molecule has 0 saturated carbocycles. The van der Waals surface area contributed by atoms with Crippen LogP contribution in [-0.2, 0) is 4.79 Å². The zero-order valence-corrected chi connectivity index (χ0v) is 15.0. The van der Waals surface area contributed by atoms with E-state index in [1.54, 1.807) is 31.4 Å². The lowest BCUT2D eigenvalue weighted by Crippen LogP contribution is -2.34. The highest BCUT2D eigenvalue weighted by Crippen LogP contribution is 2.25. The molecule has 2 rings (SSSR count). The lowest BCUT2D eigenvalue weighted by Gasteiger charge is -2.19. The molecule has 26 heavy (non-hydrogen) atoms. The van der Waals surface area contributed by atoms with Crippen LogP contribution in [0.5, 0.6) is 5.75 Å². The number of thioether (sulfide) groups is 1. The quantitative estimate of drug-likeness (QED) is 0.617. The minimum atomic E-state index is -0.176. The van der Waals surface area contributed by atoms with Crippen LogP contribution in [0.1, 0.15) is 12.8 Å². The summed E-state index contributed by atoms with van der Waals surface area (Å²) in [4.78, 5) is 13.8. The van der Waals surface area contributed by atoms with Crippen LogP contribution < -0.4 is 4.74 Å². The Morgan fingerprint density at radius 3 is 2.42 bits per heavy atom. The first kappa shape index (κ1) is 19.3. The van der Waals surface area contributed by atoms with Crippen LogP contribution in [0.25, 0.3) is 11.5 Å². The normalized spacial score (nSPS) is 9.96. The van der Waals surface area contributed by atoms with Gasteiger partial charge in [0.2, 0.25) is 11.8 Å². The molecule has 8 nitrogen and oxygen atoms in total. The number of benzene rings is 1. The fraction of sp³-hybridized carbons (Fsp3) is 0.353. The summed E-state index contributed by atoms with van der Waals surface area (Å²) >= 11 is 1.12. The van der Waals surface area contributed by atoms with Crippen LogP contribution in [0, 0.1) is 22.7 Å². The molecule has 0 aliphatic rings. The van der Waals surface area contributed by atoms with Crippen LogP contribution >= 0.6 is 11.8 Å². The van der Waals surface area contributed by atoms with E-state index in [0.29, 0.717) is 19.0 Å². The molecule has 134 valence electrons. The average molecular weight is 371 g/mol. The predicted octanol–water partition coefficient (Wildman–Crippen LogP) is 2.49. The van der Waals surface area contributed by atoms with Crippen molar-refractivity contribution in [2.75, 3.05) is 26.0 Å². The summed E-state index contributed by atoms with van der Waals surface area (Å²) in [7, 11) is 1.59. The van der Waals surface area contributed by atoms with Gasteiger partial charge in [-0.2, -0.15) is 10.5 Å². The first-order chi connectivity index (χ1) is 12.7. The predicted molar refractivity (Wildman–Crippen MR) is 94.1 cm³/mol. The lowest BCUT2D eigenvalue weighted by atomic mass is 10.2. The zero-order chi connectivity index (χ0) is 18.8. The number of methoxy groups -OCH3 is 1. The molecule has 0 atom stereocenters. The number of ether oxygens (including phenoxy) is 1. The van der Waals surface area contributed by atoms with Gasteiger partial charge in [0.25, 0.3) is 5.22 Å². The van der Waals surface area contributed by atoms with E-state index in [0.717, 1.165) is 23.1 Å². The smallest absolute Gasteiger partial charge is 0.277 e. The Hall–Kier alpha value is -3.04. The Morgan fingerprint density at radius 1 is 1.19 bits per heavy atom. The summed E-state index contributed by atoms with van der Waals surface area (Å²) in [5.74, 6) is 1.00. The van der Waals surface area contributed by atoms with E-state index in [1.165, 1.54) is 4.90 Å². The van der Waals surface area contributed by atoms with Crippen molar-refractivity contribution in [3.8, 4) is 29.3 Å². The van der Waals surface area contributed by atoms with Gasteiger partial charge >= 0.3 is 0 Å². The fourth-order valence-electron chi connectivity index (χ4n) is 2.06. The number of nitrogens with zero attached hydrogens (tertiary/aromatic N) is 5. The van der Waals surface area contributed by atoms with Gasteiger partial charge in [-0.05, 0) is 24.3 Å². The second-order valence-electron chi connectivity index (χ2n) is 5.09. The molecule has 0 saturated heterocycles. The standard InChI is InChI=1S/C17H17N5O3S/c1-24-14-6-4-13(5-7-14)16-20-21-17(25-16)26-12-15(23)22(10-2-8-18)11-3-9-19/h4-7H,2-3,10-12H2,1H3. The van der Waals surface area contributed by atoms with Crippen LogP contribution in [0.4, 0.5) is 0 Å². The van der Waals surface area contributed by atoms with Crippen molar-refractivity contribution in [2.24, 2.45) is 0 Å². The first-order valence-corrected chi connectivity index (χ1v) is 8.79. The molecular weight excluding hydrogens is 354 g/mol. The van der Waals surface area contributed by atoms with E-state index in [9.17, 15) is 4.79 Å². The molecule has 0 N–H and O–H groups in total. The van der Waals surface area contributed by atoms with Crippen molar-refractivity contribution >= 4 is 17.7 Å². The molecular formula is C17H17N5O3S. The Morgan fingerprint density at radius 2 is 1.85 bits per heavy atom. The third-order valence-corrected chi connectivity index (χ3v) is 4.21. The number of amides is 1. The zero-order valence-electron chi connectivity index (χ0n) is 14.2. The summed E-state index contributed by atoms with van der Waals surface area (Å²) in [5, 5.41) is 25.5. The molecule has 0 fully saturated rings. The highest BCUT2D eigenvalue weighted by molar-refractivity contribution is 7.99. The first-order valence-electron chi connectivity index (χ1n) is 7.80. The third kappa shape index (κ3) is 5.50. The summed E-state index contributed by atoms with van der Waals surface area (Å²) in [6, 6.07) is 11.2. The topological polar surface area (TPSA) is 116 Å². The maximum absolute atomic E-state index is 12.3. The van der Waals surface area contributed by atoms with Crippen molar-refractivity contribution < 1.29 is 13.9 Å². The molecule has 0 aliphatic heterocycles. The maximum Gasteiger partial charge on any atom is 0.277 e. The van der Waals surface area contributed by atoms with Gasteiger partial charge < -0.3 is 14.1 Å². The van der Waals surface area contributed by atoms with Crippen LogP contribution in [0.2, 0.25) is 0 Å². The van der Waals surface area contributed by atoms with Crippen molar-refractivity contribution in [3.63, 3.8) is 0 Å². The van der Waals surface area contributed by atoms with Gasteiger partial charge in [-0.15, -0.1) is 10.2 Å². The van der Waals surface area contributed by atoms with Gasteiger partial charge in [-0.3, -0.25) is 4.79 Å². The molecule has 0 spiro atoms. The van der Waals surface area contributed by atoms with Crippen molar-refractivity contribution in [1.29, 1.82) is 10.5 Å². The van der Waals surface area contributed by atoms with E-state index in [1.807, 2.05) is 12.1 Å². The molecule has 0 unspecified atom stereocenters. The van der Waals surface area contributed by atoms with E-state index in [4.69, 9.17) is 19.7 Å². The monoisotopic (exact) mass is 371 g/mol. The van der Waals surface area contributed by atoms with Gasteiger partial charge in [0.05, 0.1) is 37.8 Å². The van der Waals surface area contributed by atoms with E-state index in [2.05, 4.69) is 10.2 Å². The number of rotatable bonds is 9. The van der Waals surface area contributed by atoms with Gasteiger partial charge in [0.1, 0.15) is 5.75 Å². The Labute approximate surface area is 155 Å². The maximum atomic E-state index is 12.3. The van der Waals surface area contributed by atoms with Crippen LogP contribution in [0.15, 0.2) is 33.9 Å². The SMILES string of the molecule is COc1ccc(-c2nnc(SCC(=O)N(CCC#N)CCC#N)o2)cc1. The fourth-order valence-corrected chi connectivity index (χ4v) is 2.73. The number of carbonyl (C=O) groups excluding carboxylic acids is 1. The number of hydrogen-bond donors (Lipinski definition) is 0. The van der Waals surface area contributed by atoms with Gasteiger partial charge in [-0.25, -0.2) is 0 Å². The van der Waals surface area contributed by atoms with Gasteiger partial charge in [0.15, 0.2) is 0 Å². The summed E-state index contributed by atoms with van der Waals surface area (Å²) in [6.07, 6.45) is 0.452. The van der Waals surface area contributed by atoms with Gasteiger partial charge in [0, 0.05) is 18.7 Å². The number of hydrogen-bond acceptors (Lipinski definition) is 8. The summed E-state index contributed by atoms with van der Waals surface area (Å²) in [6.45, 7) is 0.608. The summed E-state index contributed by atoms with van der Waals surface area (Å²) < 4.78 is 10.7. The molecule has 0 bridgehead atoms. The molecule has 0 radical (unpaired) electrons. The van der Waals surface area contributed by atoms with Gasteiger partial charge in [-0.1, -0.05) is 11.8 Å². The second-order valence-corrected chi connectivity index (χ2v) is 6.01. The van der Waals surface area contributed by atoms with Crippen LogP contribution in [-0.4, -0.2) is 47.0 Å². The Kier molecular flexibility index (Phi) is 7.47. The highest BCUT2D eigenvalue weighted by Gasteiger charge is 2.16. The minimum Gasteiger partial charge on any atom is -0.497 e. The number of aromatic nitrogens is 2. The Bertz CT molecular complexity index is 789. The summed E-state index contributed by atoms with van der Waals surface area (Å²) in [5.41, 5.74) is 0.751. The second kappa shape index (κ2) is 10.1. The number of carbonyl (C=O) groups is 1. The highest BCUT2D eigenvalue weighted by atomic mass is 32.2. The minimum absolute atomic E-state index is 0.0983.